The minimum Gasteiger partial charge on any atom is -0.392 e. The number of carbonyl (C=O) groups is 1. The third kappa shape index (κ3) is 3.32. The van der Waals surface area contributed by atoms with Crippen molar-refractivity contribution in [3.8, 4) is 0 Å². The lowest BCUT2D eigenvalue weighted by atomic mass is 9.76. The number of carbonyl (C=O) groups excluding carboxylic acids is 1. The molecule has 3 rings (SSSR count). The van der Waals surface area contributed by atoms with E-state index in [-0.39, 0.29) is 22.3 Å². The summed E-state index contributed by atoms with van der Waals surface area (Å²) in [6.45, 7) is 4.63. The zero-order valence-corrected chi connectivity index (χ0v) is 15.6. The van der Waals surface area contributed by atoms with Gasteiger partial charge < -0.3 is 10.0 Å². The van der Waals surface area contributed by atoms with Crippen molar-refractivity contribution < 1.29 is 18.3 Å². The molecule has 1 aliphatic heterocycles. The molecule has 1 saturated heterocycles. The predicted molar refractivity (Wildman–Crippen MR) is 94.7 cm³/mol. The normalized spacial score (nSPS) is 27.0. The maximum atomic E-state index is 13.0. The van der Waals surface area contributed by atoms with Crippen LogP contribution in [0, 0.1) is 19.3 Å². The number of primary sulfonamides is 1. The van der Waals surface area contributed by atoms with Crippen LogP contribution < -0.4 is 5.14 Å². The first kappa shape index (κ1) is 18.4. The van der Waals surface area contributed by atoms with Gasteiger partial charge in [-0.15, -0.1) is 0 Å². The van der Waals surface area contributed by atoms with E-state index in [0.717, 1.165) is 37.7 Å². The van der Waals surface area contributed by atoms with Crippen LogP contribution in [0.3, 0.4) is 0 Å². The Kier molecular flexibility index (Phi) is 4.68. The van der Waals surface area contributed by atoms with Crippen molar-refractivity contribution in [1.82, 2.24) is 4.90 Å². The van der Waals surface area contributed by atoms with Gasteiger partial charge in [-0.3, -0.25) is 4.79 Å². The van der Waals surface area contributed by atoms with Gasteiger partial charge in [0.2, 0.25) is 10.0 Å². The van der Waals surface area contributed by atoms with Gasteiger partial charge in [0.1, 0.15) is 0 Å². The number of hydrogen-bond donors (Lipinski definition) is 2. The van der Waals surface area contributed by atoms with Crippen molar-refractivity contribution in [2.75, 3.05) is 13.1 Å². The highest BCUT2D eigenvalue weighted by Gasteiger charge is 2.45. The molecule has 0 bridgehead atoms. The van der Waals surface area contributed by atoms with E-state index in [2.05, 4.69) is 0 Å². The van der Waals surface area contributed by atoms with Gasteiger partial charge in [0, 0.05) is 24.1 Å². The standard InChI is InChI=1S/C18H26N2O4S/c1-12-9-14(10-15(13(12)2)25(19,23)24)17(22)20-8-4-7-18(11-20)6-3-5-16(18)21/h9-10,16,21H,3-8,11H2,1-2H3,(H2,19,23,24)/t16-,18-/m1/s1. The van der Waals surface area contributed by atoms with Gasteiger partial charge >= 0.3 is 0 Å². The SMILES string of the molecule is Cc1cc(C(=O)N2CCC[C@]3(CCC[C@H]3O)C2)cc(S(N)(=O)=O)c1C. The summed E-state index contributed by atoms with van der Waals surface area (Å²) in [6, 6.07) is 3.10. The molecule has 6 nitrogen and oxygen atoms in total. The minimum atomic E-state index is -3.88. The lowest BCUT2D eigenvalue weighted by molar-refractivity contribution is -0.00537. The van der Waals surface area contributed by atoms with Gasteiger partial charge in [-0.25, -0.2) is 13.6 Å². The molecule has 2 atom stereocenters. The molecule has 1 aromatic rings. The molecule has 1 aliphatic carbocycles. The van der Waals surface area contributed by atoms with Crippen LogP contribution in [0.2, 0.25) is 0 Å². The highest BCUT2D eigenvalue weighted by Crippen LogP contribution is 2.45. The van der Waals surface area contributed by atoms with Crippen LogP contribution in [0.15, 0.2) is 17.0 Å². The quantitative estimate of drug-likeness (QED) is 0.832. The molecule has 1 aromatic carbocycles. The zero-order chi connectivity index (χ0) is 18.4. The number of aliphatic hydroxyl groups excluding tert-OH is 1. The summed E-state index contributed by atoms with van der Waals surface area (Å²) in [5.41, 5.74) is 1.44. The Balaban J connectivity index is 1.92. The van der Waals surface area contributed by atoms with Gasteiger partial charge in [0.15, 0.2) is 0 Å². The summed E-state index contributed by atoms with van der Waals surface area (Å²) in [6.07, 6.45) is 4.16. The van der Waals surface area contributed by atoms with E-state index in [1.165, 1.54) is 6.07 Å². The number of sulfonamides is 1. The Morgan fingerprint density at radius 1 is 1.28 bits per heavy atom. The van der Waals surface area contributed by atoms with Gasteiger partial charge in [0.25, 0.3) is 5.91 Å². The van der Waals surface area contributed by atoms with Crippen molar-refractivity contribution >= 4 is 15.9 Å². The molecule has 1 heterocycles. The third-order valence-corrected chi connectivity index (χ3v) is 6.97. The monoisotopic (exact) mass is 366 g/mol. The van der Waals surface area contributed by atoms with Crippen molar-refractivity contribution in [2.45, 2.75) is 57.0 Å². The summed E-state index contributed by atoms with van der Waals surface area (Å²) in [5.74, 6) is -0.189. The Morgan fingerprint density at radius 3 is 2.56 bits per heavy atom. The molecule has 25 heavy (non-hydrogen) atoms. The van der Waals surface area contributed by atoms with E-state index in [0.29, 0.717) is 24.2 Å². The van der Waals surface area contributed by atoms with Crippen LogP contribution in [-0.2, 0) is 10.0 Å². The van der Waals surface area contributed by atoms with Crippen LogP contribution >= 0.6 is 0 Å². The molecule has 1 spiro atoms. The minimum absolute atomic E-state index is 0.00322. The molecule has 2 aliphatic rings. The number of amides is 1. The molecule has 0 radical (unpaired) electrons. The number of nitrogens with two attached hydrogens (primary N) is 1. The number of rotatable bonds is 2. The maximum absolute atomic E-state index is 13.0. The number of hydrogen-bond acceptors (Lipinski definition) is 4. The highest BCUT2D eigenvalue weighted by atomic mass is 32.2. The summed E-state index contributed by atoms with van der Waals surface area (Å²) >= 11 is 0. The first-order valence-corrected chi connectivity index (χ1v) is 10.3. The average molecular weight is 366 g/mol. The second-order valence-electron chi connectivity index (χ2n) is 7.56. The average Bonchev–Trinajstić information content (AvgIpc) is 2.88. The predicted octanol–water partition coefficient (Wildman–Crippen LogP) is 1.72. The second-order valence-corrected chi connectivity index (χ2v) is 9.09. The van der Waals surface area contributed by atoms with Crippen molar-refractivity contribution in [2.24, 2.45) is 10.6 Å². The Hall–Kier alpha value is -1.44. The number of benzene rings is 1. The molecular weight excluding hydrogens is 340 g/mol. The first-order chi connectivity index (χ1) is 11.6. The molecule has 0 aromatic heterocycles. The molecule has 7 heteroatoms. The molecule has 3 N–H and O–H groups in total. The summed E-state index contributed by atoms with van der Waals surface area (Å²) < 4.78 is 23.6. The second kappa shape index (κ2) is 6.37. The van der Waals surface area contributed by atoms with Crippen molar-refractivity contribution in [3.05, 3.63) is 28.8 Å². The van der Waals surface area contributed by atoms with E-state index in [1.807, 2.05) is 0 Å². The lowest BCUT2D eigenvalue weighted by Gasteiger charge is -2.42. The van der Waals surface area contributed by atoms with Gasteiger partial charge in [-0.05, 0) is 62.8 Å². The van der Waals surface area contributed by atoms with E-state index >= 15 is 0 Å². The zero-order valence-electron chi connectivity index (χ0n) is 14.8. The smallest absolute Gasteiger partial charge is 0.253 e. The number of nitrogens with zero attached hydrogens (tertiary/aromatic N) is 1. The van der Waals surface area contributed by atoms with E-state index in [4.69, 9.17) is 5.14 Å². The van der Waals surface area contributed by atoms with Crippen LogP contribution in [0.5, 0.6) is 0 Å². The topological polar surface area (TPSA) is 101 Å². The van der Waals surface area contributed by atoms with E-state index in [9.17, 15) is 18.3 Å². The fraction of sp³-hybridized carbons (Fsp3) is 0.611. The summed E-state index contributed by atoms with van der Waals surface area (Å²) in [7, 11) is -3.88. The third-order valence-electron chi connectivity index (χ3n) is 5.93. The van der Waals surface area contributed by atoms with Crippen LogP contribution in [0.1, 0.15) is 53.6 Å². The first-order valence-electron chi connectivity index (χ1n) is 8.75. The Labute approximate surface area is 149 Å². The van der Waals surface area contributed by atoms with Gasteiger partial charge in [-0.1, -0.05) is 6.42 Å². The van der Waals surface area contributed by atoms with Crippen LogP contribution in [-0.4, -0.2) is 43.5 Å². The molecule has 0 unspecified atom stereocenters. The fourth-order valence-corrected chi connectivity index (χ4v) is 5.24. The van der Waals surface area contributed by atoms with Gasteiger partial charge in [-0.2, -0.15) is 0 Å². The fourth-order valence-electron chi connectivity index (χ4n) is 4.36. The van der Waals surface area contributed by atoms with E-state index < -0.39 is 10.0 Å². The number of aliphatic hydroxyl groups is 1. The highest BCUT2D eigenvalue weighted by molar-refractivity contribution is 7.89. The number of likely N-dealkylation sites (tertiary alicyclic amines) is 1. The van der Waals surface area contributed by atoms with Crippen molar-refractivity contribution in [1.29, 1.82) is 0 Å². The van der Waals surface area contributed by atoms with Crippen LogP contribution in [0.4, 0.5) is 0 Å². The molecule has 1 amide bonds. The summed E-state index contributed by atoms with van der Waals surface area (Å²) in [5, 5.41) is 15.7. The molecule has 138 valence electrons. The molecule has 1 saturated carbocycles. The molecule has 2 fully saturated rings. The van der Waals surface area contributed by atoms with Crippen molar-refractivity contribution in [3.63, 3.8) is 0 Å². The van der Waals surface area contributed by atoms with E-state index in [1.54, 1.807) is 24.8 Å². The maximum Gasteiger partial charge on any atom is 0.253 e. The van der Waals surface area contributed by atoms with Gasteiger partial charge in [0.05, 0.1) is 11.0 Å². The molecular formula is C18H26N2O4S. The number of aryl methyl sites for hydroxylation is 1. The summed E-state index contributed by atoms with van der Waals surface area (Å²) in [4.78, 5) is 14.8. The Morgan fingerprint density at radius 2 is 1.96 bits per heavy atom. The lowest BCUT2D eigenvalue weighted by Crippen LogP contribution is -2.49. The largest absolute Gasteiger partial charge is 0.392 e. The Bertz CT molecular complexity index is 806. The van der Waals surface area contributed by atoms with Crippen LogP contribution in [0.25, 0.3) is 0 Å². The number of piperidine rings is 1.